The van der Waals surface area contributed by atoms with Crippen LogP contribution in [0.15, 0.2) is 24.3 Å². The Morgan fingerprint density at radius 2 is 1.92 bits per heavy atom. The molecule has 0 atom stereocenters. The van der Waals surface area contributed by atoms with E-state index in [0.29, 0.717) is 24.4 Å². The number of ketones is 1. The van der Waals surface area contributed by atoms with E-state index in [1.807, 2.05) is 39.0 Å². The van der Waals surface area contributed by atoms with Gasteiger partial charge in [0.1, 0.15) is 11.4 Å². The van der Waals surface area contributed by atoms with Crippen LogP contribution < -0.4 is 4.74 Å². The van der Waals surface area contributed by atoms with Gasteiger partial charge in [-0.25, -0.2) is 4.79 Å². The normalized spacial score (nSPS) is 14.9. The second-order valence-corrected chi connectivity index (χ2v) is 6.88. The van der Waals surface area contributed by atoms with Gasteiger partial charge in [0.05, 0.1) is 12.7 Å². The summed E-state index contributed by atoms with van der Waals surface area (Å²) in [6, 6.07) is 5.59. The number of amides is 1. The first-order chi connectivity index (χ1) is 11.2. The molecule has 24 heavy (non-hydrogen) atoms. The van der Waals surface area contributed by atoms with Crippen LogP contribution in [0.5, 0.6) is 5.75 Å². The molecule has 0 bridgehead atoms. The fourth-order valence-corrected chi connectivity index (χ4v) is 2.61. The van der Waals surface area contributed by atoms with Crippen molar-refractivity contribution in [3.63, 3.8) is 0 Å². The van der Waals surface area contributed by atoms with Gasteiger partial charge in [-0.3, -0.25) is 4.79 Å². The molecule has 1 heterocycles. The fourth-order valence-electron chi connectivity index (χ4n) is 2.61. The van der Waals surface area contributed by atoms with Gasteiger partial charge in [-0.1, -0.05) is 12.1 Å². The van der Waals surface area contributed by atoms with Gasteiger partial charge >= 0.3 is 6.09 Å². The Morgan fingerprint density at radius 3 is 2.42 bits per heavy atom. The van der Waals surface area contributed by atoms with Crippen molar-refractivity contribution in [1.82, 2.24) is 4.90 Å². The van der Waals surface area contributed by atoms with Crippen molar-refractivity contribution in [3.05, 3.63) is 35.4 Å². The van der Waals surface area contributed by atoms with Crippen molar-refractivity contribution in [2.75, 3.05) is 20.2 Å². The van der Waals surface area contributed by atoms with E-state index in [1.165, 1.54) is 6.92 Å². The standard InChI is InChI=1S/C19H25NO4/c1-13(21)16-7-6-15(12-17(16)23-5)14-8-10-20(11-9-14)18(22)24-19(2,3)4/h6-8,12H,9-11H2,1-5H3. The molecule has 1 aromatic rings. The molecule has 130 valence electrons. The minimum Gasteiger partial charge on any atom is -0.496 e. The predicted octanol–water partition coefficient (Wildman–Crippen LogP) is 3.92. The SMILES string of the molecule is COc1cc(C2=CCN(C(=O)OC(C)(C)C)CC2)ccc1C(C)=O. The predicted molar refractivity (Wildman–Crippen MR) is 93.4 cm³/mol. The van der Waals surface area contributed by atoms with Crippen molar-refractivity contribution >= 4 is 17.4 Å². The maximum Gasteiger partial charge on any atom is 0.410 e. The molecule has 0 saturated carbocycles. The molecule has 0 spiro atoms. The van der Waals surface area contributed by atoms with Crippen molar-refractivity contribution in [3.8, 4) is 5.75 Å². The van der Waals surface area contributed by atoms with E-state index in [2.05, 4.69) is 0 Å². The molecule has 1 amide bonds. The lowest BCUT2D eigenvalue weighted by atomic mass is 9.97. The number of hydrogen-bond donors (Lipinski definition) is 0. The van der Waals surface area contributed by atoms with Crippen LogP contribution in [-0.4, -0.2) is 42.6 Å². The summed E-state index contributed by atoms with van der Waals surface area (Å²) in [6.45, 7) is 8.23. The average molecular weight is 331 g/mol. The highest BCUT2D eigenvalue weighted by Gasteiger charge is 2.24. The first-order valence-electron chi connectivity index (χ1n) is 8.07. The number of Topliss-reactive ketones (excluding diaryl/α,β-unsaturated/α-hetero) is 1. The zero-order valence-electron chi connectivity index (χ0n) is 15.0. The maximum absolute atomic E-state index is 12.1. The number of carbonyl (C=O) groups excluding carboxylic acids is 2. The molecular formula is C19H25NO4. The van der Waals surface area contributed by atoms with Gasteiger partial charge in [-0.2, -0.15) is 0 Å². The lowest BCUT2D eigenvalue weighted by Gasteiger charge is -2.29. The molecule has 1 aliphatic heterocycles. The molecule has 5 nitrogen and oxygen atoms in total. The Balaban J connectivity index is 2.13. The van der Waals surface area contributed by atoms with Crippen LogP contribution >= 0.6 is 0 Å². The van der Waals surface area contributed by atoms with Gasteiger partial charge in [0.25, 0.3) is 0 Å². The molecule has 0 saturated heterocycles. The third-order valence-electron chi connectivity index (χ3n) is 3.81. The Labute approximate surface area is 143 Å². The monoisotopic (exact) mass is 331 g/mol. The molecule has 0 aliphatic carbocycles. The average Bonchev–Trinajstić information content (AvgIpc) is 2.52. The lowest BCUT2D eigenvalue weighted by molar-refractivity contribution is 0.0270. The molecule has 1 aromatic carbocycles. The summed E-state index contributed by atoms with van der Waals surface area (Å²) in [5, 5.41) is 0. The number of hydrogen-bond acceptors (Lipinski definition) is 4. The van der Waals surface area contributed by atoms with Crippen LogP contribution in [0.1, 0.15) is 50.0 Å². The second kappa shape index (κ2) is 7.07. The van der Waals surface area contributed by atoms with Gasteiger partial charge in [0.15, 0.2) is 5.78 Å². The number of benzene rings is 1. The molecule has 0 aromatic heterocycles. The fraction of sp³-hybridized carbons (Fsp3) is 0.474. The van der Waals surface area contributed by atoms with Crippen molar-refractivity contribution < 1.29 is 19.1 Å². The van der Waals surface area contributed by atoms with Crippen LogP contribution in [0.25, 0.3) is 5.57 Å². The van der Waals surface area contributed by atoms with E-state index in [-0.39, 0.29) is 11.9 Å². The third-order valence-corrected chi connectivity index (χ3v) is 3.81. The quantitative estimate of drug-likeness (QED) is 0.788. The first kappa shape index (κ1) is 18.0. The molecule has 2 rings (SSSR count). The van der Waals surface area contributed by atoms with Crippen LogP contribution in [-0.2, 0) is 4.74 Å². The summed E-state index contributed by atoms with van der Waals surface area (Å²) in [5.41, 5.74) is 2.24. The van der Waals surface area contributed by atoms with Crippen molar-refractivity contribution in [1.29, 1.82) is 0 Å². The van der Waals surface area contributed by atoms with Crippen LogP contribution in [0.3, 0.4) is 0 Å². The molecular weight excluding hydrogens is 306 g/mol. The zero-order valence-corrected chi connectivity index (χ0v) is 15.0. The van der Waals surface area contributed by atoms with E-state index in [4.69, 9.17) is 9.47 Å². The number of rotatable bonds is 3. The highest BCUT2D eigenvalue weighted by molar-refractivity contribution is 5.97. The number of ether oxygens (including phenoxy) is 2. The van der Waals surface area contributed by atoms with Gasteiger partial charge in [0, 0.05) is 13.1 Å². The summed E-state index contributed by atoms with van der Waals surface area (Å²) >= 11 is 0. The van der Waals surface area contributed by atoms with Crippen molar-refractivity contribution in [2.24, 2.45) is 0 Å². The van der Waals surface area contributed by atoms with Crippen LogP contribution in [0.2, 0.25) is 0 Å². The minimum absolute atomic E-state index is 0.0212. The second-order valence-electron chi connectivity index (χ2n) is 6.88. The number of carbonyl (C=O) groups is 2. The van der Waals surface area contributed by atoms with E-state index >= 15 is 0 Å². The molecule has 0 N–H and O–H groups in total. The topological polar surface area (TPSA) is 55.8 Å². The Morgan fingerprint density at radius 1 is 1.21 bits per heavy atom. The third kappa shape index (κ3) is 4.37. The minimum atomic E-state index is -0.489. The molecule has 0 radical (unpaired) electrons. The molecule has 0 fully saturated rings. The van der Waals surface area contributed by atoms with E-state index in [9.17, 15) is 9.59 Å². The highest BCUT2D eigenvalue weighted by atomic mass is 16.6. The lowest BCUT2D eigenvalue weighted by Crippen LogP contribution is -2.39. The number of methoxy groups -OCH3 is 1. The van der Waals surface area contributed by atoms with Gasteiger partial charge in [0.2, 0.25) is 0 Å². The van der Waals surface area contributed by atoms with Crippen molar-refractivity contribution in [2.45, 2.75) is 39.7 Å². The smallest absolute Gasteiger partial charge is 0.410 e. The summed E-state index contributed by atoms with van der Waals surface area (Å²) in [4.78, 5) is 25.4. The first-order valence-corrected chi connectivity index (χ1v) is 8.07. The number of nitrogens with zero attached hydrogens (tertiary/aromatic N) is 1. The summed E-state index contributed by atoms with van der Waals surface area (Å²) in [7, 11) is 1.56. The summed E-state index contributed by atoms with van der Waals surface area (Å²) < 4.78 is 10.7. The largest absolute Gasteiger partial charge is 0.496 e. The van der Waals surface area contributed by atoms with Gasteiger partial charge in [-0.05, 0) is 57.4 Å². The van der Waals surface area contributed by atoms with Gasteiger partial charge < -0.3 is 14.4 Å². The maximum atomic E-state index is 12.1. The summed E-state index contributed by atoms with van der Waals surface area (Å²) in [5.74, 6) is 0.558. The Hall–Kier alpha value is -2.30. The van der Waals surface area contributed by atoms with E-state index in [1.54, 1.807) is 18.1 Å². The highest BCUT2D eigenvalue weighted by Crippen LogP contribution is 2.28. The van der Waals surface area contributed by atoms with Crippen LogP contribution in [0, 0.1) is 0 Å². The molecule has 0 unspecified atom stereocenters. The van der Waals surface area contributed by atoms with E-state index in [0.717, 1.165) is 17.6 Å². The van der Waals surface area contributed by atoms with E-state index < -0.39 is 5.60 Å². The molecule has 1 aliphatic rings. The Kier molecular flexibility index (Phi) is 5.32. The molecule has 5 heteroatoms. The Bertz CT molecular complexity index is 670. The summed E-state index contributed by atoms with van der Waals surface area (Å²) in [6.07, 6.45) is 2.47. The van der Waals surface area contributed by atoms with Gasteiger partial charge in [-0.15, -0.1) is 0 Å². The zero-order chi connectivity index (χ0) is 17.9. The van der Waals surface area contributed by atoms with Crippen LogP contribution in [0.4, 0.5) is 4.79 Å².